The molecule has 1 aliphatic heterocycles. The molecule has 5 rings (SSSR count). The number of hydrogen-bond donors (Lipinski definition) is 1. The molecule has 0 bridgehead atoms. The molecule has 0 radical (unpaired) electrons. The minimum absolute atomic E-state index is 0. The van der Waals surface area contributed by atoms with E-state index in [9.17, 15) is 9.18 Å². The Balaban J connectivity index is 0.00000259. The minimum Gasteiger partial charge on any atom is -0.340 e. The molecule has 2 aromatic carbocycles. The van der Waals surface area contributed by atoms with Gasteiger partial charge in [-0.15, -0.1) is 12.4 Å². The van der Waals surface area contributed by atoms with E-state index in [4.69, 9.17) is 0 Å². The van der Waals surface area contributed by atoms with Gasteiger partial charge in [0.2, 0.25) is 0 Å². The molecule has 2 fully saturated rings. The summed E-state index contributed by atoms with van der Waals surface area (Å²) in [5.74, 6) is -0.0703. The molecular weight excluding hydrogens is 437 g/mol. The van der Waals surface area contributed by atoms with Crippen molar-refractivity contribution in [3.63, 3.8) is 0 Å². The fourth-order valence-electron chi connectivity index (χ4n) is 5.54. The molecule has 0 atom stereocenters. The lowest BCUT2D eigenvalue weighted by Gasteiger charge is -2.29. The summed E-state index contributed by atoms with van der Waals surface area (Å²) in [6, 6.07) is 14.0. The third-order valence-electron chi connectivity index (χ3n) is 7.31. The summed E-state index contributed by atoms with van der Waals surface area (Å²) < 4.78 is 16.8. The zero-order valence-electron chi connectivity index (χ0n) is 19.3. The maximum atomic E-state index is 14.4. The molecule has 1 N–H and O–H groups in total. The lowest BCUT2D eigenvalue weighted by Crippen LogP contribution is -2.46. The van der Waals surface area contributed by atoms with Crippen LogP contribution < -0.4 is 5.32 Å². The summed E-state index contributed by atoms with van der Waals surface area (Å²) in [7, 11) is 0. The first-order valence-electron chi connectivity index (χ1n) is 12.0. The van der Waals surface area contributed by atoms with Crippen molar-refractivity contribution in [2.24, 2.45) is 0 Å². The average Bonchev–Trinajstić information content (AvgIpc) is 3.16. The number of aromatic nitrogens is 1. The van der Waals surface area contributed by atoms with Crippen LogP contribution in [0.3, 0.4) is 0 Å². The number of halogens is 2. The van der Waals surface area contributed by atoms with E-state index in [1.165, 1.54) is 25.3 Å². The molecule has 6 heteroatoms. The van der Waals surface area contributed by atoms with Crippen molar-refractivity contribution >= 4 is 29.2 Å². The smallest absolute Gasteiger partial charge is 0.256 e. The van der Waals surface area contributed by atoms with Crippen molar-refractivity contribution in [3.05, 3.63) is 70.7 Å². The van der Waals surface area contributed by atoms with Crippen LogP contribution in [-0.4, -0.2) is 41.6 Å². The first-order chi connectivity index (χ1) is 15.6. The van der Waals surface area contributed by atoms with Crippen LogP contribution in [0.1, 0.15) is 65.3 Å². The van der Waals surface area contributed by atoms with E-state index in [0.29, 0.717) is 18.0 Å². The largest absolute Gasteiger partial charge is 0.340 e. The van der Waals surface area contributed by atoms with Gasteiger partial charge in [0.25, 0.3) is 5.91 Å². The average molecular weight is 470 g/mol. The van der Waals surface area contributed by atoms with Crippen molar-refractivity contribution in [1.29, 1.82) is 0 Å². The molecule has 3 aromatic rings. The number of para-hydroxylation sites is 1. The molecule has 1 amide bonds. The first kappa shape index (κ1) is 23.8. The monoisotopic (exact) mass is 469 g/mol. The number of carbonyl (C=O) groups is 1. The van der Waals surface area contributed by atoms with E-state index in [2.05, 4.69) is 28.1 Å². The van der Waals surface area contributed by atoms with Crippen LogP contribution in [0.2, 0.25) is 0 Å². The molecule has 1 saturated heterocycles. The van der Waals surface area contributed by atoms with Gasteiger partial charge in [0.15, 0.2) is 0 Å². The van der Waals surface area contributed by atoms with E-state index >= 15 is 0 Å². The Labute approximate surface area is 201 Å². The first-order valence-corrected chi connectivity index (χ1v) is 12.0. The molecule has 0 spiro atoms. The Bertz CT molecular complexity index is 1130. The third-order valence-corrected chi connectivity index (χ3v) is 7.31. The maximum absolute atomic E-state index is 14.4. The predicted octanol–water partition coefficient (Wildman–Crippen LogP) is 5.65. The number of benzene rings is 2. The summed E-state index contributed by atoms with van der Waals surface area (Å²) >= 11 is 0. The number of rotatable bonds is 4. The summed E-state index contributed by atoms with van der Waals surface area (Å²) in [5, 5.41) is 4.38. The molecule has 2 aliphatic rings. The number of hydrogen-bond acceptors (Lipinski definition) is 2. The Hall–Kier alpha value is -2.37. The van der Waals surface area contributed by atoms with Gasteiger partial charge < -0.3 is 14.8 Å². The van der Waals surface area contributed by atoms with Gasteiger partial charge in [-0.05, 0) is 43.0 Å². The Kier molecular flexibility index (Phi) is 7.40. The molecule has 176 valence electrons. The normalized spacial score (nSPS) is 17.2. The van der Waals surface area contributed by atoms with Gasteiger partial charge in [-0.1, -0.05) is 49.6 Å². The van der Waals surface area contributed by atoms with Crippen LogP contribution in [0.4, 0.5) is 4.39 Å². The highest BCUT2D eigenvalue weighted by atomic mass is 35.5. The van der Waals surface area contributed by atoms with Crippen LogP contribution in [0.25, 0.3) is 10.9 Å². The Morgan fingerprint density at radius 3 is 2.52 bits per heavy atom. The highest BCUT2D eigenvalue weighted by molar-refractivity contribution is 6.08. The van der Waals surface area contributed by atoms with E-state index < -0.39 is 0 Å². The third kappa shape index (κ3) is 4.53. The van der Waals surface area contributed by atoms with Gasteiger partial charge in [0, 0.05) is 55.2 Å². The van der Waals surface area contributed by atoms with Gasteiger partial charge in [0.1, 0.15) is 5.82 Å². The molecule has 1 aromatic heterocycles. The minimum atomic E-state index is -0.183. The van der Waals surface area contributed by atoms with Gasteiger partial charge in [-0.2, -0.15) is 0 Å². The summed E-state index contributed by atoms with van der Waals surface area (Å²) in [6.07, 6.45) is 6.56. The molecule has 0 unspecified atom stereocenters. The van der Waals surface area contributed by atoms with Crippen molar-refractivity contribution in [3.8, 4) is 0 Å². The molecule has 2 heterocycles. The van der Waals surface area contributed by atoms with Crippen LogP contribution >= 0.6 is 12.4 Å². The topological polar surface area (TPSA) is 37.3 Å². The number of nitrogens with one attached hydrogen (secondary N) is 1. The fraction of sp³-hybridized carbons (Fsp3) is 0.444. The molecule has 4 nitrogen and oxygen atoms in total. The lowest BCUT2D eigenvalue weighted by molar-refractivity contribution is 0.0736. The second kappa shape index (κ2) is 10.3. The SMILES string of the molecule is Cc1c(F)cccc1Cc1c(C(=O)N2CCNCC2)c2ccccc2n1C1CCCCC1.Cl. The molecule has 33 heavy (non-hydrogen) atoms. The fourth-order valence-corrected chi connectivity index (χ4v) is 5.54. The van der Waals surface area contributed by atoms with E-state index in [1.807, 2.05) is 24.0 Å². The van der Waals surface area contributed by atoms with Crippen molar-refractivity contribution < 1.29 is 9.18 Å². The number of piperazine rings is 1. The Morgan fingerprint density at radius 2 is 1.76 bits per heavy atom. The van der Waals surface area contributed by atoms with Crippen LogP contribution in [0.15, 0.2) is 42.5 Å². The van der Waals surface area contributed by atoms with Crippen LogP contribution in [0.5, 0.6) is 0 Å². The second-order valence-corrected chi connectivity index (χ2v) is 9.24. The van der Waals surface area contributed by atoms with Gasteiger partial charge in [0.05, 0.1) is 5.56 Å². The van der Waals surface area contributed by atoms with Crippen molar-refractivity contribution in [1.82, 2.24) is 14.8 Å². The van der Waals surface area contributed by atoms with Gasteiger partial charge >= 0.3 is 0 Å². The zero-order chi connectivity index (χ0) is 22.1. The Morgan fingerprint density at radius 1 is 1.03 bits per heavy atom. The quantitative estimate of drug-likeness (QED) is 0.536. The van der Waals surface area contributed by atoms with Crippen molar-refractivity contribution in [2.75, 3.05) is 26.2 Å². The highest BCUT2D eigenvalue weighted by Crippen LogP contribution is 2.38. The lowest BCUT2D eigenvalue weighted by atomic mass is 9.94. The number of amides is 1. The summed E-state index contributed by atoms with van der Waals surface area (Å²) in [4.78, 5) is 15.9. The number of nitrogens with zero attached hydrogens (tertiary/aromatic N) is 2. The van der Waals surface area contributed by atoms with Crippen molar-refractivity contribution in [2.45, 2.75) is 51.5 Å². The standard InChI is InChI=1S/C27H32FN3O.ClH/c1-19-20(8-7-12-23(19)28)18-25-26(27(32)30-16-14-29-15-17-30)22-11-5-6-13-24(22)31(25)21-9-3-2-4-10-21;/h5-8,11-13,21,29H,2-4,9-10,14-18H2,1H3;1H. The molecule has 1 saturated carbocycles. The summed E-state index contributed by atoms with van der Waals surface area (Å²) in [6.45, 7) is 4.94. The van der Waals surface area contributed by atoms with Gasteiger partial charge in [-0.3, -0.25) is 4.79 Å². The van der Waals surface area contributed by atoms with E-state index in [1.54, 1.807) is 6.07 Å². The molecular formula is C27H33ClFN3O. The van der Waals surface area contributed by atoms with Crippen LogP contribution in [0, 0.1) is 12.7 Å². The maximum Gasteiger partial charge on any atom is 0.256 e. The second-order valence-electron chi connectivity index (χ2n) is 9.24. The summed E-state index contributed by atoms with van der Waals surface area (Å²) in [5.41, 5.74) is 4.64. The highest BCUT2D eigenvalue weighted by Gasteiger charge is 2.30. The molecule has 1 aliphatic carbocycles. The number of carbonyl (C=O) groups excluding carboxylic acids is 1. The van der Waals surface area contributed by atoms with Gasteiger partial charge in [-0.25, -0.2) is 4.39 Å². The van der Waals surface area contributed by atoms with E-state index in [0.717, 1.165) is 66.7 Å². The van der Waals surface area contributed by atoms with E-state index in [-0.39, 0.29) is 24.1 Å². The van der Waals surface area contributed by atoms with Crippen LogP contribution in [-0.2, 0) is 6.42 Å². The zero-order valence-corrected chi connectivity index (χ0v) is 20.1. The number of fused-ring (bicyclic) bond motifs is 1. The predicted molar refractivity (Wildman–Crippen MR) is 134 cm³/mol.